The molecule has 1 atom stereocenters. The van der Waals surface area contributed by atoms with Crippen LogP contribution in [0.15, 0.2) is 0 Å². The van der Waals surface area contributed by atoms with Gasteiger partial charge in [0.1, 0.15) is 6.04 Å². The van der Waals surface area contributed by atoms with Crippen LogP contribution >= 0.6 is 0 Å². The third-order valence-corrected chi connectivity index (χ3v) is 2.85. The number of nitrogens with two attached hydrogens (primary N) is 1. The summed E-state index contributed by atoms with van der Waals surface area (Å²) >= 11 is 0. The third-order valence-electron chi connectivity index (χ3n) is 2.85. The summed E-state index contributed by atoms with van der Waals surface area (Å²) in [5, 5.41) is 3.19. The fourth-order valence-corrected chi connectivity index (χ4v) is 1.16. The Morgan fingerprint density at radius 1 is 1.60 bits per heavy atom. The van der Waals surface area contributed by atoms with E-state index in [1.807, 2.05) is 13.8 Å². The van der Waals surface area contributed by atoms with Gasteiger partial charge in [0.2, 0.25) is 5.91 Å². The van der Waals surface area contributed by atoms with Gasteiger partial charge in [-0.25, -0.2) is 0 Å². The molecule has 0 saturated heterocycles. The van der Waals surface area contributed by atoms with Crippen LogP contribution in [0, 0.1) is 0 Å². The van der Waals surface area contributed by atoms with Crippen LogP contribution in [0.1, 0.15) is 40.0 Å². The van der Waals surface area contributed by atoms with Gasteiger partial charge in [0.15, 0.2) is 0 Å². The summed E-state index contributed by atoms with van der Waals surface area (Å²) in [5.74, 6) is -0.325. The first kappa shape index (κ1) is 12.5. The fraction of sp³-hybridized carbons (Fsp3) is 0.909. The predicted octanol–water partition coefficient (Wildman–Crippen LogP) is 0.798. The van der Waals surface area contributed by atoms with Crippen LogP contribution in [0.3, 0.4) is 0 Å². The van der Waals surface area contributed by atoms with E-state index in [9.17, 15) is 4.79 Å². The second-order valence-electron chi connectivity index (χ2n) is 4.82. The van der Waals surface area contributed by atoms with Crippen molar-refractivity contribution in [1.29, 1.82) is 0 Å². The summed E-state index contributed by atoms with van der Waals surface area (Å²) in [5.41, 5.74) is 5.12. The third kappa shape index (κ3) is 4.62. The lowest BCUT2D eigenvalue weighted by Gasteiger charge is -2.26. The lowest BCUT2D eigenvalue weighted by molar-refractivity contribution is -0.123. The highest BCUT2D eigenvalue weighted by molar-refractivity contribution is 5.80. The Morgan fingerprint density at radius 3 is 2.60 bits per heavy atom. The molecule has 4 nitrogen and oxygen atoms in total. The number of rotatable bonds is 7. The molecule has 88 valence electrons. The molecule has 3 N–H and O–H groups in total. The molecule has 1 fully saturated rings. The molecule has 0 aromatic rings. The van der Waals surface area contributed by atoms with Crippen molar-refractivity contribution in [2.24, 2.45) is 5.73 Å². The normalized spacial score (nSPS) is 18.9. The zero-order chi connectivity index (χ0) is 11.5. The summed E-state index contributed by atoms with van der Waals surface area (Å²) in [6.45, 7) is 6.46. The van der Waals surface area contributed by atoms with E-state index >= 15 is 0 Å². The van der Waals surface area contributed by atoms with E-state index in [0.717, 1.165) is 19.3 Å². The zero-order valence-corrected chi connectivity index (χ0v) is 9.88. The number of carbonyl (C=O) groups is 1. The minimum Gasteiger partial charge on any atom is -0.373 e. The molecule has 0 bridgehead atoms. The molecule has 1 amide bonds. The van der Waals surface area contributed by atoms with E-state index in [0.29, 0.717) is 12.6 Å². The van der Waals surface area contributed by atoms with Crippen LogP contribution in [0.25, 0.3) is 0 Å². The van der Waals surface area contributed by atoms with Crippen LogP contribution in [0.5, 0.6) is 0 Å². The Bertz CT molecular complexity index is 225. The van der Waals surface area contributed by atoms with Crippen molar-refractivity contribution in [2.45, 2.75) is 57.7 Å². The molecule has 1 saturated carbocycles. The highest BCUT2D eigenvalue weighted by Gasteiger charge is 2.28. The molecule has 0 aromatic heterocycles. The van der Waals surface area contributed by atoms with Gasteiger partial charge in [0, 0.05) is 6.04 Å². The van der Waals surface area contributed by atoms with Gasteiger partial charge in [0.25, 0.3) is 0 Å². The van der Waals surface area contributed by atoms with Gasteiger partial charge < -0.3 is 15.8 Å². The van der Waals surface area contributed by atoms with E-state index in [-0.39, 0.29) is 17.6 Å². The molecule has 0 radical (unpaired) electrons. The molecule has 0 heterocycles. The lowest BCUT2D eigenvalue weighted by atomic mass is 10.1. The molecule has 1 aliphatic carbocycles. The Morgan fingerprint density at radius 2 is 2.20 bits per heavy atom. The van der Waals surface area contributed by atoms with Crippen molar-refractivity contribution >= 4 is 5.91 Å². The van der Waals surface area contributed by atoms with Gasteiger partial charge in [-0.1, -0.05) is 6.92 Å². The first-order valence-electron chi connectivity index (χ1n) is 5.64. The first-order chi connectivity index (χ1) is 6.94. The van der Waals surface area contributed by atoms with E-state index in [4.69, 9.17) is 10.5 Å². The highest BCUT2D eigenvalue weighted by Crippen LogP contribution is 2.20. The number of hydrogen-bond donors (Lipinski definition) is 2. The minimum absolute atomic E-state index is 0.182. The van der Waals surface area contributed by atoms with Gasteiger partial charge in [-0.15, -0.1) is 0 Å². The largest absolute Gasteiger partial charge is 0.373 e. The SMILES string of the molecule is CCC(C)(C)OCC(NC1CC1)C(N)=O. The monoisotopic (exact) mass is 214 g/mol. The summed E-state index contributed by atoms with van der Waals surface area (Å²) in [6.07, 6.45) is 3.20. The summed E-state index contributed by atoms with van der Waals surface area (Å²) in [7, 11) is 0. The molecule has 0 aromatic carbocycles. The van der Waals surface area contributed by atoms with Gasteiger partial charge in [-0.05, 0) is 33.1 Å². The molecule has 1 aliphatic rings. The first-order valence-corrected chi connectivity index (χ1v) is 5.64. The zero-order valence-electron chi connectivity index (χ0n) is 9.88. The van der Waals surface area contributed by atoms with Crippen molar-refractivity contribution in [2.75, 3.05) is 6.61 Å². The van der Waals surface area contributed by atoms with E-state index in [2.05, 4.69) is 12.2 Å². The maximum Gasteiger partial charge on any atom is 0.236 e. The standard InChI is InChI=1S/C11H22N2O2/c1-4-11(2,3)15-7-9(10(12)14)13-8-5-6-8/h8-9,13H,4-7H2,1-3H3,(H2,12,14). The molecule has 15 heavy (non-hydrogen) atoms. The smallest absolute Gasteiger partial charge is 0.236 e. The van der Waals surface area contributed by atoms with Gasteiger partial charge in [0.05, 0.1) is 12.2 Å². The topological polar surface area (TPSA) is 64.3 Å². The maximum atomic E-state index is 11.1. The predicted molar refractivity (Wildman–Crippen MR) is 59.5 cm³/mol. The molecular weight excluding hydrogens is 192 g/mol. The average Bonchev–Trinajstić information content (AvgIpc) is 2.95. The molecule has 0 aliphatic heterocycles. The van der Waals surface area contributed by atoms with Crippen LogP contribution < -0.4 is 11.1 Å². The van der Waals surface area contributed by atoms with E-state index in [1.54, 1.807) is 0 Å². The Labute approximate surface area is 91.5 Å². The van der Waals surface area contributed by atoms with Crippen molar-refractivity contribution in [3.63, 3.8) is 0 Å². The number of primary amides is 1. The Hall–Kier alpha value is -0.610. The molecule has 0 spiro atoms. The fourth-order valence-electron chi connectivity index (χ4n) is 1.16. The number of nitrogens with one attached hydrogen (secondary N) is 1. The lowest BCUT2D eigenvalue weighted by Crippen LogP contribution is -2.47. The Kier molecular flexibility index (Phi) is 4.11. The molecular formula is C11H22N2O2. The van der Waals surface area contributed by atoms with Crippen LogP contribution in [-0.2, 0) is 9.53 Å². The Balaban J connectivity index is 2.33. The van der Waals surface area contributed by atoms with Crippen LogP contribution in [-0.4, -0.2) is 30.2 Å². The minimum atomic E-state index is -0.344. The molecule has 1 unspecified atom stereocenters. The average molecular weight is 214 g/mol. The van der Waals surface area contributed by atoms with Crippen LogP contribution in [0.2, 0.25) is 0 Å². The summed E-state index contributed by atoms with van der Waals surface area (Å²) in [4.78, 5) is 11.1. The van der Waals surface area contributed by atoms with Crippen molar-refractivity contribution < 1.29 is 9.53 Å². The summed E-state index contributed by atoms with van der Waals surface area (Å²) < 4.78 is 5.67. The van der Waals surface area contributed by atoms with E-state index in [1.165, 1.54) is 0 Å². The van der Waals surface area contributed by atoms with Crippen LogP contribution in [0.4, 0.5) is 0 Å². The summed E-state index contributed by atoms with van der Waals surface area (Å²) in [6, 6.07) is 0.124. The van der Waals surface area contributed by atoms with Crippen molar-refractivity contribution in [3.05, 3.63) is 0 Å². The van der Waals surface area contributed by atoms with E-state index < -0.39 is 0 Å². The van der Waals surface area contributed by atoms with Crippen molar-refractivity contribution in [3.8, 4) is 0 Å². The quantitative estimate of drug-likeness (QED) is 0.659. The molecule has 4 heteroatoms. The second kappa shape index (κ2) is 4.94. The number of amides is 1. The number of ether oxygens (including phenoxy) is 1. The highest BCUT2D eigenvalue weighted by atomic mass is 16.5. The van der Waals surface area contributed by atoms with Gasteiger partial charge in [-0.3, -0.25) is 4.79 Å². The maximum absolute atomic E-state index is 11.1. The number of carbonyl (C=O) groups excluding carboxylic acids is 1. The van der Waals surface area contributed by atoms with Crippen molar-refractivity contribution in [1.82, 2.24) is 5.32 Å². The molecule has 1 rings (SSSR count). The second-order valence-corrected chi connectivity index (χ2v) is 4.82. The number of hydrogen-bond acceptors (Lipinski definition) is 3. The van der Waals surface area contributed by atoms with Gasteiger partial charge >= 0.3 is 0 Å². The van der Waals surface area contributed by atoms with Gasteiger partial charge in [-0.2, -0.15) is 0 Å².